The van der Waals surface area contributed by atoms with E-state index in [0.29, 0.717) is 0 Å². The molecule has 0 amide bonds. The van der Waals surface area contributed by atoms with E-state index >= 15 is 0 Å². The van der Waals surface area contributed by atoms with Crippen LogP contribution in [0.1, 0.15) is 0 Å². The van der Waals surface area contributed by atoms with Crippen LogP contribution in [0.3, 0.4) is 0 Å². The van der Waals surface area contributed by atoms with Crippen molar-refractivity contribution in [2.45, 2.75) is 5.82 Å². The first-order valence-corrected chi connectivity index (χ1v) is 4.18. The highest BCUT2D eigenvalue weighted by Gasteiger charge is 2.38. The molecule has 0 bridgehead atoms. The zero-order valence-electron chi connectivity index (χ0n) is 7.97. The molecule has 1 aliphatic heterocycles. The summed E-state index contributed by atoms with van der Waals surface area (Å²) in [6.45, 7) is -1.04. The summed E-state index contributed by atoms with van der Waals surface area (Å²) in [6, 6.07) is 7.07. The van der Waals surface area contributed by atoms with Crippen molar-refractivity contribution in [3.05, 3.63) is 22.7 Å². The number of hydrogen-bond acceptors (Lipinski definition) is 5. The zero-order valence-corrected chi connectivity index (χ0v) is 7.97. The molecule has 0 aromatic heterocycles. The Morgan fingerprint density at radius 3 is 2.06 bits per heavy atom. The molecule has 0 aromatic rings. The van der Waals surface area contributed by atoms with Gasteiger partial charge in [0.25, 0.3) is 0 Å². The molecule has 0 radical (unpaired) electrons. The lowest BCUT2D eigenvalue weighted by Gasteiger charge is -2.15. The molecule has 6 heteroatoms. The molecule has 0 aromatic carbocycles. The lowest BCUT2D eigenvalue weighted by Crippen LogP contribution is -2.26. The maximum atomic E-state index is 8.89. The SMILES string of the molecule is N#CB1C(C#N)=C(C#N)C=C(C#N)[C@@H]1C#N. The normalized spacial score (nSPS) is 18.3. The van der Waals surface area contributed by atoms with Gasteiger partial charge in [-0.15, -0.1) is 0 Å². The van der Waals surface area contributed by atoms with E-state index in [1.54, 1.807) is 30.2 Å². The minimum Gasteiger partial charge on any atom is -0.212 e. The molecule has 1 atom stereocenters. The van der Waals surface area contributed by atoms with Crippen molar-refractivity contribution in [2.24, 2.45) is 0 Å². The summed E-state index contributed by atoms with van der Waals surface area (Å²) >= 11 is 0. The van der Waals surface area contributed by atoms with Gasteiger partial charge in [-0.2, -0.15) is 21.0 Å². The van der Waals surface area contributed by atoms with Crippen molar-refractivity contribution in [3.8, 4) is 30.2 Å². The third kappa shape index (κ3) is 1.51. The Bertz CT molecular complexity index is 594. The van der Waals surface area contributed by atoms with Gasteiger partial charge in [-0.1, -0.05) is 0 Å². The summed E-state index contributed by atoms with van der Waals surface area (Å²) in [5, 5.41) is 44.1. The average Bonchev–Trinajstić information content (AvgIpc) is 2.35. The van der Waals surface area contributed by atoms with E-state index < -0.39 is 12.5 Å². The van der Waals surface area contributed by atoms with Crippen molar-refractivity contribution in [2.75, 3.05) is 0 Å². The summed E-state index contributed by atoms with van der Waals surface area (Å²) in [6.07, 6.45) is 1.19. The van der Waals surface area contributed by atoms with Crippen LogP contribution in [-0.4, -0.2) is 6.71 Å². The van der Waals surface area contributed by atoms with Crippen LogP contribution in [0.5, 0.6) is 0 Å². The van der Waals surface area contributed by atoms with Gasteiger partial charge in [0.05, 0.1) is 35.7 Å². The summed E-state index contributed by atoms with van der Waals surface area (Å²) in [5.41, 5.74) is -0.0164. The fourth-order valence-electron chi connectivity index (χ4n) is 1.44. The second-order valence-electron chi connectivity index (χ2n) is 2.98. The molecule has 16 heavy (non-hydrogen) atoms. The van der Waals surface area contributed by atoms with Crippen LogP contribution >= 0.6 is 0 Å². The molecule has 0 spiro atoms. The van der Waals surface area contributed by atoms with E-state index in [1.807, 2.05) is 0 Å². The molecular formula is C10H2BN5. The molecule has 5 nitrogen and oxygen atoms in total. The molecular weight excluding hydrogens is 201 g/mol. The minimum absolute atomic E-state index is 0.0166. The number of nitrogens with zero attached hydrogens (tertiary/aromatic N) is 5. The van der Waals surface area contributed by atoms with Gasteiger partial charge in [0.15, 0.2) is 0 Å². The van der Waals surface area contributed by atoms with E-state index in [4.69, 9.17) is 26.3 Å². The summed E-state index contributed by atoms with van der Waals surface area (Å²) in [4.78, 5) is 0. The molecule has 1 heterocycles. The Hall–Kier alpha value is -3.01. The van der Waals surface area contributed by atoms with E-state index in [0.717, 1.165) is 0 Å². The molecule has 1 rings (SSSR count). The summed E-state index contributed by atoms with van der Waals surface area (Å²) in [5.74, 6) is 0.818. The molecule has 0 N–H and O–H groups in total. The first kappa shape index (κ1) is 11.1. The van der Waals surface area contributed by atoms with E-state index in [2.05, 4.69) is 0 Å². The maximum absolute atomic E-state index is 8.89. The van der Waals surface area contributed by atoms with Crippen LogP contribution in [0.15, 0.2) is 22.7 Å². The summed E-state index contributed by atoms with van der Waals surface area (Å²) < 4.78 is 0. The number of nitriles is 5. The van der Waals surface area contributed by atoms with Gasteiger partial charge in [-0.05, 0) is 6.08 Å². The van der Waals surface area contributed by atoms with Gasteiger partial charge in [-0.25, -0.2) is 5.26 Å². The topological polar surface area (TPSA) is 119 Å². The highest BCUT2D eigenvalue weighted by molar-refractivity contribution is 6.78. The van der Waals surface area contributed by atoms with Gasteiger partial charge in [-0.3, -0.25) is 0 Å². The Morgan fingerprint density at radius 1 is 1.00 bits per heavy atom. The fourth-order valence-corrected chi connectivity index (χ4v) is 1.44. The standard InChI is InChI=1S/C10H2BN5/c12-2-7-1-8(3-13)10(5-15)11(6-16)9(7)4-14/h1,9H/t9-/m0/s1. The summed E-state index contributed by atoms with van der Waals surface area (Å²) in [7, 11) is 0. The van der Waals surface area contributed by atoms with Gasteiger partial charge < -0.3 is 0 Å². The Labute approximate surface area is 92.4 Å². The van der Waals surface area contributed by atoms with Crippen LogP contribution in [0.4, 0.5) is 0 Å². The zero-order chi connectivity index (χ0) is 12.1. The van der Waals surface area contributed by atoms with Crippen LogP contribution in [0, 0.1) is 56.6 Å². The first-order chi connectivity index (χ1) is 7.73. The van der Waals surface area contributed by atoms with Crippen LogP contribution in [0.2, 0.25) is 5.82 Å². The number of rotatable bonds is 0. The van der Waals surface area contributed by atoms with Crippen molar-refractivity contribution in [3.63, 3.8) is 0 Å². The molecule has 1 aliphatic rings. The predicted molar refractivity (Wildman–Crippen MR) is 52.7 cm³/mol. The lowest BCUT2D eigenvalue weighted by atomic mass is 9.35. The number of allylic oxidation sites excluding steroid dienone is 4. The van der Waals surface area contributed by atoms with Crippen LogP contribution in [-0.2, 0) is 0 Å². The fraction of sp³-hybridized carbons (Fsp3) is 0.100. The molecule has 0 unspecified atom stereocenters. The van der Waals surface area contributed by atoms with E-state index in [-0.39, 0.29) is 16.6 Å². The average molecular weight is 203 g/mol. The van der Waals surface area contributed by atoms with Gasteiger partial charge in [0.1, 0.15) is 0 Å². The van der Waals surface area contributed by atoms with Crippen molar-refractivity contribution < 1.29 is 0 Å². The Balaban J connectivity index is 3.51. The second-order valence-corrected chi connectivity index (χ2v) is 2.98. The van der Waals surface area contributed by atoms with Crippen LogP contribution in [0.25, 0.3) is 0 Å². The van der Waals surface area contributed by atoms with E-state index in [1.165, 1.54) is 6.08 Å². The van der Waals surface area contributed by atoms with E-state index in [9.17, 15) is 0 Å². The molecule has 0 aliphatic carbocycles. The predicted octanol–water partition coefficient (Wildman–Crippen LogP) is 0.784. The minimum atomic E-state index is -1.04. The highest BCUT2D eigenvalue weighted by atomic mass is 14.3. The van der Waals surface area contributed by atoms with Gasteiger partial charge >= 0.3 is 6.71 Å². The first-order valence-electron chi connectivity index (χ1n) is 4.18. The van der Waals surface area contributed by atoms with Gasteiger partial charge in [0, 0.05) is 17.0 Å². The molecule has 0 saturated carbocycles. The molecule has 0 saturated heterocycles. The number of hydrogen-bond donors (Lipinski definition) is 0. The molecule has 70 valence electrons. The van der Waals surface area contributed by atoms with Crippen molar-refractivity contribution in [1.82, 2.24) is 0 Å². The lowest BCUT2D eigenvalue weighted by molar-refractivity contribution is 1.21. The van der Waals surface area contributed by atoms with Crippen LogP contribution < -0.4 is 0 Å². The third-order valence-corrected chi connectivity index (χ3v) is 2.22. The smallest absolute Gasteiger partial charge is 0.212 e. The Kier molecular flexibility index (Phi) is 3.10. The third-order valence-electron chi connectivity index (χ3n) is 2.22. The molecule has 0 fully saturated rings. The highest BCUT2D eigenvalue weighted by Crippen LogP contribution is 2.31. The van der Waals surface area contributed by atoms with Gasteiger partial charge in [0.2, 0.25) is 0 Å². The monoisotopic (exact) mass is 203 g/mol. The van der Waals surface area contributed by atoms with Crippen molar-refractivity contribution >= 4 is 6.71 Å². The maximum Gasteiger partial charge on any atom is 0.335 e. The Morgan fingerprint density at radius 2 is 1.69 bits per heavy atom. The quantitative estimate of drug-likeness (QED) is 0.538. The second kappa shape index (κ2) is 4.48. The van der Waals surface area contributed by atoms with Crippen molar-refractivity contribution in [1.29, 1.82) is 26.3 Å². The largest absolute Gasteiger partial charge is 0.335 e.